The van der Waals surface area contributed by atoms with Gasteiger partial charge in [-0.2, -0.15) is 0 Å². The lowest BCUT2D eigenvalue weighted by molar-refractivity contribution is 0.414. The van der Waals surface area contributed by atoms with E-state index in [-0.39, 0.29) is 0 Å². The van der Waals surface area contributed by atoms with E-state index < -0.39 is 0 Å². The molecule has 4 heteroatoms. The van der Waals surface area contributed by atoms with Crippen LogP contribution in [0, 0.1) is 13.8 Å². The Hall–Kier alpha value is -8.86. The molecule has 0 N–H and O–H groups in total. The van der Waals surface area contributed by atoms with Crippen LogP contribution in [-0.4, -0.2) is 14.2 Å². The van der Waals surface area contributed by atoms with E-state index in [1.807, 2.05) is 24.3 Å². The zero-order valence-electron chi connectivity index (χ0n) is 39.5. The van der Waals surface area contributed by atoms with Crippen LogP contribution in [0.4, 0.5) is 34.1 Å². The molecule has 0 fully saturated rings. The Morgan fingerprint density at radius 3 is 0.929 bits per heavy atom. The van der Waals surface area contributed by atoms with Crippen LogP contribution in [0.25, 0.3) is 86.9 Å². The lowest BCUT2D eigenvalue weighted by Gasteiger charge is -2.27. The third kappa shape index (κ3) is 6.37. The monoisotopic (exact) mass is 900 g/mol. The Labute approximate surface area is 407 Å². The number of ether oxygens (including phenoxy) is 2. The molecule has 334 valence electrons. The molecule has 0 aromatic heterocycles. The van der Waals surface area contributed by atoms with E-state index in [0.29, 0.717) is 0 Å². The summed E-state index contributed by atoms with van der Waals surface area (Å²) in [5.74, 6) is 1.65. The zero-order valence-corrected chi connectivity index (χ0v) is 39.5. The average Bonchev–Trinajstić information content (AvgIpc) is 3.93. The van der Waals surface area contributed by atoms with Crippen molar-refractivity contribution in [1.82, 2.24) is 0 Å². The largest absolute Gasteiger partial charge is 0.497 e. The summed E-state index contributed by atoms with van der Waals surface area (Å²) in [6.07, 6.45) is 0. The Morgan fingerprint density at radius 2 is 0.586 bits per heavy atom. The molecule has 0 atom stereocenters. The van der Waals surface area contributed by atoms with Gasteiger partial charge in [-0.15, -0.1) is 0 Å². The number of aryl methyl sites for hydroxylation is 2. The standard InChI is InChI=1S/C66H48N2O2/c1-41-21-25-45(26-22-41)67(47-29-33-49(69-3)34-30-47)57-39-37-55-61-51(57)17-11-19-53(61)63-59(43-13-7-5-8-14-43)64-54-20-12-18-52-58(68(46-27-23-42(2)24-28-46)48-31-35-50(70-4)36-32-48)40-38-56(62(52)54)66(64)60(65(55)63)44-15-9-6-10-16-44/h5-40H,1-4H3. The zero-order chi connectivity index (χ0) is 47.0. The van der Waals surface area contributed by atoms with Gasteiger partial charge in [-0.05, 0) is 175 Å². The number of nitrogens with zero attached hydrogens (tertiary/aromatic N) is 2. The van der Waals surface area contributed by atoms with E-state index in [9.17, 15) is 0 Å². The molecule has 0 aliphatic rings. The van der Waals surface area contributed by atoms with Crippen molar-refractivity contribution in [2.24, 2.45) is 0 Å². The van der Waals surface area contributed by atoms with Crippen LogP contribution < -0.4 is 19.3 Å². The van der Waals surface area contributed by atoms with E-state index in [0.717, 1.165) is 45.6 Å². The van der Waals surface area contributed by atoms with Gasteiger partial charge >= 0.3 is 0 Å². The van der Waals surface area contributed by atoms with Crippen molar-refractivity contribution >= 4 is 98.8 Å². The van der Waals surface area contributed by atoms with Gasteiger partial charge in [-0.1, -0.05) is 145 Å². The van der Waals surface area contributed by atoms with Crippen molar-refractivity contribution in [1.29, 1.82) is 0 Å². The first kappa shape index (κ1) is 41.3. The molecular weight excluding hydrogens is 853 g/mol. The number of methoxy groups -OCH3 is 2. The molecule has 0 aliphatic heterocycles. The van der Waals surface area contributed by atoms with Crippen LogP contribution in [-0.2, 0) is 0 Å². The predicted molar refractivity (Wildman–Crippen MR) is 297 cm³/mol. The molecule has 0 spiro atoms. The lowest BCUT2D eigenvalue weighted by Crippen LogP contribution is -2.10. The molecule has 0 aliphatic carbocycles. The summed E-state index contributed by atoms with van der Waals surface area (Å²) in [4.78, 5) is 4.78. The summed E-state index contributed by atoms with van der Waals surface area (Å²) in [6.45, 7) is 4.29. The molecule has 4 nitrogen and oxygen atoms in total. The normalized spacial score (nSPS) is 11.7. The SMILES string of the molecule is COc1ccc(N(c2ccc(C)cc2)c2ccc3c4c(-c5ccccc5)c5c6ccc(N(c7ccc(C)cc7)c7ccc(OC)cc7)c7cccc(c5c(-c5ccccc5)c4c4cccc2c43)c76)cc1. The van der Waals surface area contributed by atoms with Gasteiger partial charge < -0.3 is 19.3 Å². The first-order valence-electron chi connectivity index (χ1n) is 24.0. The minimum atomic E-state index is 0.827. The van der Waals surface area contributed by atoms with E-state index in [2.05, 4.69) is 218 Å². The number of fused-ring (bicyclic) bond motifs is 6. The van der Waals surface area contributed by atoms with Gasteiger partial charge in [0.15, 0.2) is 0 Å². The Balaban J connectivity index is 1.17. The smallest absolute Gasteiger partial charge is 0.119 e. The number of hydrogen-bond donors (Lipinski definition) is 0. The molecule has 0 radical (unpaired) electrons. The Kier molecular flexibility index (Phi) is 9.70. The number of rotatable bonds is 10. The summed E-state index contributed by atoms with van der Waals surface area (Å²) in [6, 6.07) is 80.0. The maximum atomic E-state index is 5.63. The van der Waals surface area contributed by atoms with Crippen molar-refractivity contribution in [2.75, 3.05) is 24.0 Å². The molecule has 0 bridgehead atoms. The van der Waals surface area contributed by atoms with E-state index in [1.165, 1.54) is 98.0 Å². The molecule has 13 aromatic carbocycles. The van der Waals surface area contributed by atoms with E-state index in [1.54, 1.807) is 14.2 Å². The first-order valence-corrected chi connectivity index (χ1v) is 24.0. The van der Waals surface area contributed by atoms with Crippen LogP contribution in [0.2, 0.25) is 0 Å². The third-order valence-corrected chi connectivity index (χ3v) is 14.5. The molecule has 0 amide bonds. The number of anilines is 6. The van der Waals surface area contributed by atoms with Gasteiger partial charge in [0.1, 0.15) is 11.5 Å². The van der Waals surface area contributed by atoms with Crippen LogP contribution in [0.3, 0.4) is 0 Å². The Bertz CT molecular complexity index is 3730. The highest BCUT2D eigenvalue weighted by Crippen LogP contribution is 2.57. The summed E-state index contributed by atoms with van der Waals surface area (Å²) in [5.41, 5.74) is 13.9. The van der Waals surface area contributed by atoms with Crippen LogP contribution in [0.1, 0.15) is 11.1 Å². The third-order valence-electron chi connectivity index (χ3n) is 14.5. The van der Waals surface area contributed by atoms with Gasteiger partial charge in [-0.25, -0.2) is 0 Å². The van der Waals surface area contributed by atoms with Gasteiger partial charge in [-0.3, -0.25) is 0 Å². The second-order valence-electron chi connectivity index (χ2n) is 18.4. The van der Waals surface area contributed by atoms with Crippen molar-refractivity contribution < 1.29 is 9.47 Å². The van der Waals surface area contributed by atoms with Crippen LogP contribution in [0.5, 0.6) is 11.5 Å². The number of benzene rings is 11. The van der Waals surface area contributed by atoms with Crippen molar-refractivity contribution in [3.8, 4) is 33.8 Å². The summed E-state index contributed by atoms with van der Waals surface area (Å²) in [7, 11) is 3.44. The van der Waals surface area contributed by atoms with Crippen molar-refractivity contribution in [3.05, 3.63) is 230 Å². The maximum Gasteiger partial charge on any atom is 0.119 e. The molecular formula is C66H48N2O2. The fourth-order valence-electron chi connectivity index (χ4n) is 11.3. The van der Waals surface area contributed by atoms with Gasteiger partial charge in [0.2, 0.25) is 0 Å². The average molecular weight is 901 g/mol. The molecule has 0 unspecified atom stereocenters. The number of hydrogen-bond acceptors (Lipinski definition) is 4. The quantitative estimate of drug-likeness (QED) is 0.137. The highest BCUT2D eigenvalue weighted by atomic mass is 16.5. The first-order chi connectivity index (χ1) is 34.5. The minimum Gasteiger partial charge on any atom is -0.497 e. The minimum absolute atomic E-state index is 0.827. The van der Waals surface area contributed by atoms with Crippen molar-refractivity contribution in [2.45, 2.75) is 13.8 Å². The second-order valence-corrected chi connectivity index (χ2v) is 18.4. The second kappa shape index (κ2) is 16.4. The van der Waals surface area contributed by atoms with E-state index in [4.69, 9.17) is 9.47 Å². The molecule has 13 rings (SSSR count). The van der Waals surface area contributed by atoms with Crippen LogP contribution >= 0.6 is 0 Å². The van der Waals surface area contributed by atoms with Crippen LogP contribution in [0.15, 0.2) is 218 Å². The Morgan fingerprint density at radius 1 is 0.271 bits per heavy atom. The van der Waals surface area contributed by atoms with Crippen molar-refractivity contribution in [3.63, 3.8) is 0 Å². The van der Waals surface area contributed by atoms with Gasteiger partial charge in [0.05, 0.1) is 25.6 Å². The summed E-state index contributed by atoms with van der Waals surface area (Å²) in [5, 5.41) is 15.0. The highest BCUT2D eigenvalue weighted by molar-refractivity contribution is 6.47. The molecule has 13 aromatic rings. The predicted octanol–water partition coefficient (Wildman–Crippen LogP) is 18.4. The molecule has 0 saturated heterocycles. The highest BCUT2D eigenvalue weighted by Gasteiger charge is 2.30. The summed E-state index contributed by atoms with van der Waals surface area (Å²) < 4.78 is 11.3. The maximum absolute atomic E-state index is 5.63. The molecule has 70 heavy (non-hydrogen) atoms. The summed E-state index contributed by atoms with van der Waals surface area (Å²) >= 11 is 0. The molecule has 0 saturated carbocycles. The molecule has 0 heterocycles. The van der Waals surface area contributed by atoms with E-state index >= 15 is 0 Å². The lowest BCUT2D eigenvalue weighted by atomic mass is 9.87. The fraction of sp³-hybridized carbons (Fsp3) is 0.0606. The van der Waals surface area contributed by atoms with Gasteiger partial charge in [0, 0.05) is 33.5 Å². The topological polar surface area (TPSA) is 24.9 Å². The fourth-order valence-corrected chi connectivity index (χ4v) is 11.3. The van der Waals surface area contributed by atoms with Gasteiger partial charge in [0.25, 0.3) is 0 Å².